The average Bonchev–Trinajstić information content (AvgIpc) is 3.18. The van der Waals surface area contributed by atoms with Gasteiger partial charge in [-0.05, 0) is 11.1 Å². The highest BCUT2D eigenvalue weighted by molar-refractivity contribution is 5.79. The molecule has 3 aromatic rings. The number of non-ortho nitro benzene ring substituents is 1. The summed E-state index contributed by atoms with van der Waals surface area (Å²) < 4.78 is 0. The molecule has 0 saturated heterocycles. The largest absolute Gasteiger partial charge is 0.352 e. The van der Waals surface area contributed by atoms with Crippen molar-refractivity contribution in [1.29, 1.82) is 0 Å². The van der Waals surface area contributed by atoms with Crippen molar-refractivity contribution >= 4 is 11.6 Å². The van der Waals surface area contributed by atoms with Gasteiger partial charge in [-0.3, -0.25) is 15.1 Å². The minimum absolute atomic E-state index is 0.0808. The number of aromatic amines is 1. The fourth-order valence-corrected chi connectivity index (χ4v) is 2.81. The molecular formula is C20H22N6O2. The Balaban J connectivity index is 1.59. The van der Waals surface area contributed by atoms with Crippen molar-refractivity contribution in [1.82, 2.24) is 20.2 Å². The molecule has 0 fully saturated rings. The summed E-state index contributed by atoms with van der Waals surface area (Å²) in [7, 11) is 3.64. The number of nitrogens with zero attached hydrogens (tertiary/aromatic N) is 4. The number of aromatic nitrogens is 2. The summed E-state index contributed by atoms with van der Waals surface area (Å²) in [5.41, 5.74) is 3.07. The average molecular weight is 378 g/mol. The SMILES string of the molecule is CN=C(NCc1ccc([N+](=O)[O-])cc1)N(C)Cc1ncc(-c2ccccc2)[nH]1. The number of nitro groups is 1. The number of benzene rings is 2. The minimum atomic E-state index is -0.406. The number of nitrogens with one attached hydrogen (secondary N) is 2. The number of hydrogen-bond donors (Lipinski definition) is 2. The van der Waals surface area contributed by atoms with Crippen molar-refractivity contribution in [3.8, 4) is 11.3 Å². The lowest BCUT2D eigenvalue weighted by Gasteiger charge is -2.21. The van der Waals surface area contributed by atoms with Gasteiger partial charge in [-0.25, -0.2) is 4.98 Å². The van der Waals surface area contributed by atoms with Gasteiger partial charge in [0.15, 0.2) is 5.96 Å². The zero-order chi connectivity index (χ0) is 19.9. The Labute approximate surface area is 163 Å². The molecule has 0 aliphatic carbocycles. The van der Waals surface area contributed by atoms with Crippen LogP contribution in [-0.2, 0) is 13.1 Å². The molecule has 0 saturated carbocycles. The summed E-state index contributed by atoms with van der Waals surface area (Å²) in [6, 6.07) is 16.5. The van der Waals surface area contributed by atoms with Crippen molar-refractivity contribution in [2.45, 2.75) is 13.1 Å². The third-order valence-corrected chi connectivity index (χ3v) is 4.27. The first kappa shape index (κ1) is 19.1. The molecule has 0 atom stereocenters. The van der Waals surface area contributed by atoms with Crippen LogP contribution in [0.1, 0.15) is 11.4 Å². The molecule has 0 radical (unpaired) electrons. The Morgan fingerprint density at radius 3 is 2.57 bits per heavy atom. The standard InChI is InChI=1S/C20H22N6O2/c1-21-20(23-12-15-8-10-17(11-9-15)26(27)28)25(2)14-19-22-13-18(24-19)16-6-4-3-5-7-16/h3-11,13H,12,14H2,1-2H3,(H,21,23)(H,22,24). The van der Waals surface area contributed by atoms with Crippen LogP contribution in [0.15, 0.2) is 65.8 Å². The van der Waals surface area contributed by atoms with E-state index in [0.29, 0.717) is 19.0 Å². The van der Waals surface area contributed by atoms with Gasteiger partial charge < -0.3 is 15.2 Å². The van der Waals surface area contributed by atoms with Crippen LogP contribution in [0, 0.1) is 10.1 Å². The molecule has 8 nitrogen and oxygen atoms in total. The molecule has 0 aliphatic rings. The lowest BCUT2D eigenvalue weighted by Crippen LogP contribution is -2.38. The number of hydrogen-bond acceptors (Lipinski definition) is 4. The quantitative estimate of drug-likeness (QED) is 0.297. The van der Waals surface area contributed by atoms with Crippen LogP contribution in [0.25, 0.3) is 11.3 Å². The highest BCUT2D eigenvalue weighted by Crippen LogP contribution is 2.16. The van der Waals surface area contributed by atoms with Gasteiger partial charge in [0.05, 0.1) is 23.4 Å². The van der Waals surface area contributed by atoms with Gasteiger partial charge in [-0.2, -0.15) is 0 Å². The third kappa shape index (κ3) is 4.73. The van der Waals surface area contributed by atoms with Crippen LogP contribution in [-0.4, -0.2) is 39.8 Å². The zero-order valence-corrected chi connectivity index (χ0v) is 15.8. The molecule has 28 heavy (non-hydrogen) atoms. The summed E-state index contributed by atoms with van der Waals surface area (Å²) in [5, 5.41) is 14.0. The molecule has 3 rings (SSSR count). The topological polar surface area (TPSA) is 99.4 Å². The number of H-pyrrole nitrogens is 1. The molecule has 144 valence electrons. The second-order valence-electron chi connectivity index (χ2n) is 6.29. The van der Waals surface area contributed by atoms with Crippen molar-refractivity contribution < 1.29 is 4.92 Å². The first-order valence-corrected chi connectivity index (χ1v) is 8.81. The molecule has 1 heterocycles. The van der Waals surface area contributed by atoms with E-state index in [9.17, 15) is 10.1 Å². The minimum Gasteiger partial charge on any atom is -0.352 e. The Bertz CT molecular complexity index is 950. The lowest BCUT2D eigenvalue weighted by atomic mass is 10.2. The molecule has 0 aliphatic heterocycles. The molecule has 2 N–H and O–H groups in total. The normalized spacial score (nSPS) is 11.3. The fraction of sp³-hybridized carbons (Fsp3) is 0.200. The number of nitro benzene ring substituents is 1. The van der Waals surface area contributed by atoms with E-state index in [4.69, 9.17) is 0 Å². The van der Waals surface area contributed by atoms with E-state index in [-0.39, 0.29) is 5.69 Å². The summed E-state index contributed by atoms with van der Waals surface area (Å²) >= 11 is 0. The van der Waals surface area contributed by atoms with Gasteiger partial charge in [-0.1, -0.05) is 42.5 Å². The maximum atomic E-state index is 10.7. The van der Waals surface area contributed by atoms with Gasteiger partial charge in [-0.15, -0.1) is 0 Å². The summed E-state index contributed by atoms with van der Waals surface area (Å²) in [4.78, 5) is 24.4. The van der Waals surface area contributed by atoms with Crippen LogP contribution >= 0.6 is 0 Å². The van der Waals surface area contributed by atoms with E-state index in [1.807, 2.05) is 48.5 Å². The van der Waals surface area contributed by atoms with Gasteiger partial charge in [0.25, 0.3) is 5.69 Å². The maximum Gasteiger partial charge on any atom is 0.269 e. The van der Waals surface area contributed by atoms with Gasteiger partial charge >= 0.3 is 0 Å². The van der Waals surface area contributed by atoms with Crippen molar-refractivity contribution in [2.75, 3.05) is 14.1 Å². The zero-order valence-electron chi connectivity index (χ0n) is 15.8. The van der Waals surface area contributed by atoms with E-state index in [1.54, 1.807) is 19.2 Å². The van der Waals surface area contributed by atoms with Crippen molar-refractivity contribution in [3.05, 3.63) is 82.3 Å². The van der Waals surface area contributed by atoms with Gasteiger partial charge in [0, 0.05) is 32.8 Å². The van der Waals surface area contributed by atoms with Crippen LogP contribution < -0.4 is 5.32 Å². The molecule has 0 amide bonds. The molecule has 0 unspecified atom stereocenters. The predicted molar refractivity (Wildman–Crippen MR) is 109 cm³/mol. The number of aliphatic imine (C=N–C) groups is 1. The van der Waals surface area contributed by atoms with E-state index in [1.165, 1.54) is 12.1 Å². The second kappa shape index (κ2) is 8.81. The Hall–Kier alpha value is -3.68. The fourth-order valence-electron chi connectivity index (χ4n) is 2.81. The number of guanidine groups is 1. The molecule has 1 aromatic heterocycles. The number of rotatable bonds is 6. The first-order chi connectivity index (χ1) is 13.6. The van der Waals surface area contributed by atoms with Crippen LogP contribution in [0.2, 0.25) is 0 Å². The molecule has 2 aromatic carbocycles. The van der Waals surface area contributed by atoms with E-state index < -0.39 is 4.92 Å². The molecule has 8 heteroatoms. The number of imidazole rings is 1. The van der Waals surface area contributed by atoms with Crippen LogP contribution in [0.3, 0.4) is 0 Å². The first-order valence-electron chi connectivity index (χ1n) is 8.81. The maximum absolute atomic E-state index is 10.7. The van der Waals surface area contributed by atoms with Crippen LogP contribution in [0.4, 0.5) is 5.69 Å². The molecule has 0 bridgehead atoms. The third-order valence-electron chi connectivity index (χ3n) is 4.27. The van der Waals surface area contributed by atoms with Gasteiger partial charge in [0.1, 0.15) is 5.82 Å². The smallest absolute Gasteiger partial charge is 0.269 e. The monoisotopic (exact) mass is 378 g/mol. The Morgan fingerprint density at radius 2 is 1.93 bits per heavy atom. The van der Waals surface area contributed by atoms with E-state index in [2.05, 4.69) is 20.3 Å². The Kier molecular flexibility index (Phi) is 6.01. The Morgan fingerprint density at radius 1 is 1.21 bits per heavy atom. The van der Waals surface area contributed by atoms with E-state index >= 15 is 0 Å². The van der Waals surface area contributed by atoms with Crippen molar-refractivity contribution in [3.63, 3.8) is 0 Å². The molecule has 0 spiro atoms. The highest BCUT2D eigenvalue weighted by Gasteiger charge is 2.10. The highest BCUT2D eigenvalue weighted by atomic mass is 16.6. The summed E-state index contributed by atoms with van der Waals surface area (Å²) in [5.74, 6) is 1.54. The summed E-state index contributed by atoms with van der Waals surface area (Å²) in [6.07, 6.45) is 1.82. The predicted octanol–water partition coefficient (Wildman–Crippen LogP) is 3.19. The molecular weight excluding hydrogens is 356 g/mol. The second-order valence-corrected chi connectivity index (χ2v) is 6.29. The van der Waals surface area contributed by atoms with Crippen molar-refractivity contribution in [2.24, 2.45) is 4.99 Å². The lowest BCUT2D eigenvalue weighted by molar-refractivity contribution is -0.384. The van der Waals surface area contributed by atoms with Crippen LogP contribution in [0.5, 0.6) is 0 Å². The van der Waals surface area contributed by atoms with E-state index in [0.717, 1.165) is 22.6 Å². The summed E-state index contributed by atoms with van der Waals surface area (Å²) in [6.45, 7) is 1.08. The van der Waals surface area contributed by atoms with Gasteiger partial charge in [0.2, 0.25) is 0 Å².